The summed E-state index contributed by atoms with van der Waals surface area (Å²) in [6.45, 7) is 5.79. The minimum absolute atomic E-state index is 0.187. The second-order valence-electron chi connectivity index (χ2n) is 6.02. The van der Waals surface area contributed by atoms with Gasteiger partial charge in [0.2, 0.25) is 0 Å². The van der Waals surface area contributed by atoms with E-state index in [4.69, 9.17) is 4.74 Å². The summed E-state index contributed by atoms with van der Waals surface area (Å²) in [7, 11) is 1.43. The van der Waals surface area contributed by atoms with Crippen molar-refractivity contribution in [3.8, 4) is 0 Å². The van der Waals surface area contributed by atoms with Gasteiger partial charge in [-0.25, -0.2) is 4.79 Å². The van der Waals surface area contributed by atoms with Crippen molar-refractivity contribution in [1.82, 2.24) is 0 Å². The van der Waals surface area contributed by atoms with Crippen molar-refractivity contribution < 1.29 is 14.6 Å². The molecule has 0 fully saturated rings. The molecule has 2 unspecified atom stereocenters. The summed E-state index contributed by atoms with van der Waals surface area (Å²) in [5.74, 6) is 0.988. The predicted molar refractivity (Wildman–Crippen MR) is 76.7 cm³/mol. The Morgan fingerprint density at radius 2 is 2.32 bits per heavy atom. The number of ether oxygens (including phenoxy) is 1. The van der Waals surface area contributed by atoms with E-state index in [0.29, 0.717) is 11.8 Å². The number of carbonyl (C=O) groups is 1. The summed E-state index contributed by atoms with van der Waals surface area (Å²) in [6, 6.07) is 0. The molecule has 1 aliphatic rings. The topological polar surface area (TPSA) is 46.5 Å². The molecule has 3 nitrogen and oxygen atoms in total. The van der Waals surface area contributed by atoms with Crippen LogP contribution in [0.25, 0.3) is 0 Å². The zero-order valence-electron chi connectivity index (χ0n) is 12.5. The van der Waals surface area contributed by atoms with E-state index in [0.717, 1.165) is 31.3 Å². The lowest BCUT2D eigenvalue weighted by Gasteiger charge is -2.26. The Kier molecular flexibility index (Phi) is 5.80. The molecule has 0 aliphatic heterocycles. The number of allylic oxidation sites excluding steroid dienone is 2. The molecule has 1 aliphatic carbocycles. The molecule has 2 atom stereocenters. The molecule has 19 heavy (non-hydrogen) atoms. The predicted octanol–water partition coefficient (Wildman–Crippen LogP) is 3.24. The monoisotopic (exact) mass is 266 g/mol. The second kappa shape index (κ2) is 6.90. The molecule has 0 heterocycles. The summed E-state index contributed by atoms with van der Waals surface area (Å²) in [4.78, 5) is 11.4. The van der Waals surface area contributed by atoms with Gasteiger partial charge in [-0.3, -0.25) is 0 Å². The van der Waals surface area contributed by atoms with Crippen LogP contribution in [0.4, 0.5) is 0 Å². The van der Waals surface area contributed by atoms with Crippen LogP contribution in [0.5, 0.6) is 0 Å². The highest BCUT2D eigenvalue weighted by Gasteiger charge is 2.22. The third-order valence-corrected chi connectivity index (χ3v) is 3.74. The smallest absolute Gasteiger partial charge is 0.333 e. The van der Waals surface area contributed by atoms with Gasteiger partial charge in [0.05, 0.1) is 12.7 Å². The molecule has 3 heteroatoms. The van der Waals surface area contributed by atoms with Crippen LogP contribution < -0.4 is 0 Å². The average Bonchev–Trinajstić information content (AvgIpc) is 2.36. The molecule has 0 spiro atoms. The van der Waals surface area contributed by atoms with Crippen LogP contribution in [-0.4, -0.2) is 23.8 Å². The molecule has 108 valence electrons. The van der Waals surface area contributed by atoms with Crippen LogP contribution in [0.1, 0.15) is 46.5 Å². The first-order valence-electron chi connectivity index (χ1n) is 7.01. The van der Waals surface area contributed by atoms with Crippen molar-refractivity contribution in [2.75, 3.05) is 7.11 Å². The lowest BCUT2D eigenvalue weighted by molar-refractivity contribution is -0.136. The lowest BCUT2D eigenvalue weighted by Crippen LogP contribution is -2.18. The fraction of sp³-hybridized carbons (Fsp3) is 0.688. The first-order valence-corrected chi connectivity index (χ1v) is 7.01. The van der Waals surface area contributed by atoms with Crippen molar-refractivity contribution in [3.63, 3.8) is 0 Å². The van der Waals surface area contributed by atoms with Gasteiger partial charge in [0.1, 0.15) is 0 Å². The molecule has 0 bridgehead atoms. The van der Waals surface area contributed by atoms with Gasteiger partial charge in [0.25, 0.3) is 0 Å². The Morgan fingerprint density at radius 3 is 2.79 bits per heavy atom. The van der Waals surface area contributed by atoms with Gasteiger partial charge in [-0.05, 0) is 51.4 Å². The fourth-order valence-electron chi connectivity index (χ4n) is 2.45. The molecule has 1 N–H and O–H groups in total. The van der Waals surface area contributed by atoms with Gasteiger partial charge in [-0.1, -0.05) is 25.2 Å². The van der Waals surface area contributed by atoms with E-state index in [1.807, 2.05) is 12.2 Å². The molecule has 0 radical (unpaired) electrons. The largest absolute Gasteiger partial charge is 0.466 e. The normalized spacial score (nSPS) is 22.2. The molecular weight excluding hydrogens is 240 g/mol. The molecule has 0 saturated carbocycles. The Labute approximate surface area is 116 Å². The van der Waals surface area contributed by atoms with Gasteiger partial charge in [-0.15, -0.1) is 0 Å². The number of methoxy groups -OCH3 is 1. The highest BCUT2D eigenvalue weighted by Crippen LogP contribution is 2.31. The van der Waals surface area contributed by atoms with Crippen LogP contribution in [0.2, 0.25) is 0 Å². The second-order valence-corrected chi connectivity index (χ2v) is 6.02. The van der Waals surface area contributed by atoms with E-state index in [9.17, 15) is 9.90 Å². The maximum Gasteiger partial charge on any atom is 0.333 e. The van der Waals surface area contributed by atoms with Gasteiger partial charge >= 0.3 is 5.97 Å². The number of rotatable bonds is 5. The van der Waals surface area contributed by atoms with Crippen LogP contribution in [0, 0.1) is 11.8 Å². The van der Waals surface area contributed by atoms with Crippen molar-refractivity contribution in [2.45, 2.75) is 52.1 Å². The Morgan fingerprint density at radius 1 is 1.63 bits per heavy atom. The third-order valence-electron chi connectivity index (χ3n) is 3.74. The number of aliphatic hydroxyl groups is 1. The lowest BCUT2D eigenvalue weighted by atomic mass is 9.80. The van der Waals surface area contributed by atoms with E-state index in [-0.39, 0.29) is 5.97 Å². The average molecular weight is 266 g/mol. The summed E-state index contributed by atoms with van der Waals surface area (Å²) in [5, 5.41) is 9.62. The SMILES string of the molecule is COC(=O)C1=CCC(C(C)CC=CC(C)(C)O)CC1. The fourth-order valence-corrected chi connectivity index (χ4v) is 2.45. The minimum Gasteiger partial charge on any atom is -0.466 e. The minimum atomic E-state index is -0.732. The quantitative estimate of drug-likeness (QED) is 0.614. The highest BCUT2D eigenvalue weighted by molar-refractivity contribution is 5.88. The molecule has 0 aromatic carbocycles. The first kappa shape index (κ1) is 16.0. The van der Waals surface area contributed by atoms with Crippen molar-refractivity contribution in [3.05, 3.63) is 23.8 Å². The van der Waals surface area contributed by atoms with Gasteiger partial charge in [0, 0.05) is 5.57 Å². The van der Waals surface area contributed by atoms with Crippen LogP contribution in [0.3, 0.4) is 0 Å². The Bertz CT molecular complexity index is 361. The standard InChI is InChI=1S/C16H26O3/c1-12(6-5-11-16(2,3)18)13-7-9-14(10-8-13)15(17)19-4/h5,9,11-13,18H,6-8,10H2,1-4H3. The van der Waals surface area contributed by atoms with E-state index >= 15 is 0 Å². The van der Waals surface area contributed by atoms with Crippen molar-refractivity contribution in [1.29, 1.82) is 0 Å². The summed E-state index contributed by atoms with van der Waals surface area (Å²) < 4.78 is 4.74. The molecule has 1 rings (SSSR count). The van der Waals surface area contributed by atoms with Gasteiger partial charge < -0.3 is 9.84 Å². The molecule has 0 aromatic rings. The number of hydrogen-bond donors (Lipinski definition) is 1. The zero-order chi connectivity index (χ0) is 14.5. The van der Waals surface area contributed by atoms with E-state index in [2.05, 4.69) is 13.0 Å². The van der Waals surface area contributed by atoms with Crippen molar-refractivity contribution in [2.24, 2.45) is 11.8 Å². The summed E-state index contributed by atoms with van der Waals surface area (Å²) in [5.41, 5.74) is 0.0857. The first-order chi connectivity index (χ1) is 8.83. The van der Waals surface area contributed by atoms with Gasteiger partial charge in [-0.2, -0.15) is 0 Å². The van der Waals surface area contributed by atoms with Crippen LogP contribution in [-0.2, 0) is 9.53 Å². The maximum atomic E-state index is 11.4. The Hall–Kier alpha value is -1.09. The maximum absolute atomic E-state index is 11.4. The number of esters is 1. The molecule has 0 amide bonds. The number of hydrogen-bond acceptors (Lipinski definition) is 3. The van der Waals surface area contributed by atoms with Gasteiger partial charge in [0.15, 0.2) is 0 Å². The van der Waals surface area contributed by atoms with Crippen LogP contribution in [0.15, 0.2) is 23.8 Å². The molecule has 0 saturated heterocycles. The van der Waals surface area contributed by atoms with Crippen molar-refractivity contribution >= 4 is 5.97 Å². The third kappa shape index (κ3) is 5.60. The zero-order valence-corrected chi connectivity index (χ0v) is 12.5. The summed E-state index contributed by atoms with van der Waals surface area (Å²) in [6.07, 6.45) is 9.70. The van der Waals surface area contributed by atoms with E-state index in [1.165, 1.54) is 7.11 Å². The molecule has 0 aromatic heterocycles. The highest BCUT2D eigenvalue weighted by atomic mass is 16.5. The Balaban J connectivity index is 2.45. The molecular formula is C16H26O3. The van der Waals surface area contributed by atoms with E-state index < -0.39 is 5.60 Å². The van der Waals surface area contributed by atoms with E-state index in [1.54, 1.807) is 13.8 Å². The van der Waals surface area contributed by atoms with Crippen LogP contribution >= 0.6 is 0 Å². The number of carbonyl (C=O) groups excluding carboxylic acids is 1. The summed E-state index contributed by atoms with van der Waals surface area (Å²) >= 11 is 0.